The molecule has 1 fully saturated rings. The number of nitrogens with zero attached hydrogens (tertiary/aromatic N) is 1. The zero-order valence-corrected chi connectivity index (χ0v) is 13.1. The number of methoxy groups -OCH3 is 1. The Bertz CT molecular complexity index is 385. The molecule has 3 nitrogen and oxygen atoms in total. The average molecular weight is 276 g/mol. The van der Waals surface area contributed by atoms with E-state index in [-0.39, 0.29) is 5.60 Å². The number of hydrogen-bond acceptors (Lipinski definition) is 3. The molecule has 3 heteroatoms. The number of pyridine rings is 1. The molecule has 0 spiro atoms. The summed E-state index contributed by atoms with van der Waals surface area (Å²) in [6.45, 7) is 5.50. The molecule has 1 atom stereocenters. The first-order valence-corrected chi connectivity index (χ1v) is 7.87. The van der Waals surface area contributed by atoms with Crippen LogP contribution < -0.4 is 5.32 Å². The van der Waals surface area contributed by atoms with Crippen molar-refractivity contribution in [2.24, 2.45) is 5.92 Å². The van der Waals surface area contributed by atoms with Gasteiger partial charge < -0.3 is 10.1 Å². The minimum absolute atomic E-state index is 0.0155. The summed E-state index contributed by atoms with van der Waals surface area (Å²) in [6, 6.07) is 4.54. The molecule has 1 N–H and O–H groups in total. The van der Waals surface area contributed by atoms with Gasteiger partial charge in [-0.05, 0) is 56.2 Å². The summed E-state index contributed by atoms with van der Waals surface area (Å²) >= 11 is 0. The molecule has 1 aromatic rings. The lowest BCUT2D eigenvalue weighted by molar-refractivity contribution is -0.0742. The standard InChI is InChI=1S/C17H28N2O/c1-4-19-16(12-15-6-5-11-18-13-15)17(20-3)9-7-14(2)8-10-17/h5-6,11,13-14,16,19H,4,7-10,12H2,1-3H3. The maximum absolute atomic E-state index is 6.03. The number of ether oxygens (including phenoxy) is 1. The van der Waals surface area contributed by atoms with Crippen molar-refractivity contribution in [2.75, 3.05) is 13.7 Å². The molecule has 20 heavy (non-hydrogen) atoms. The van der Waals surface area contributed by atoms with Crippen LogP contribution >= 0.6 is 0 Å². The van der Waals surface area contributed by atoms with Crippen molar-refractivity contribution in [1.82, 2.24) is 10.3 Å². The van der Waals surface area contributed by atoms with Crippen LogP contribution in [0, 0.1) is 5.92 Å². The maximum Gasteiger partial charge on any atom is 0.0834 e. The van der Waals surface area contributed by atoms with Crippen molar-refractivity contribution >= 4 is 0 Å². The monoisotopic (exact) mass is 276 g/mol. The minimum Gasteiger partial charge on any atom is -0.377 e. The maximum atomic E-state index is 6.03. The van der Waals surface area contributed by atoms with Gasteiger partial charge in [0.2, 0.25) is 0 Å². The predicted molar refractivity (Wildman–Crippen MR) is 82.8 cm³/mol. The summed E-state index contributed by atoms with van der Waals surface area (Å²) in [5.74, 6) is 0.832. The van der Waals surface area contributed by atoms with Gasteiger partial charge in [0.05, 0.1) is 5.60 Å². The summed E-state index contributed by atoms with van der Waals surface area (Å²) in [6.07, 6.45) is 9.64. The lowest BCUT2D eigenvalue weighted by Crippen LogP contribution is -2.55. The molecule has 0 aromatic carbocycles. The van der Waals surface area contributed by atoms with Crippen molar-refractivity contribution in [3.8, 4) is 0 Å². The Hall–Kier alpha value is -0.930. The number of aromatic nitrogens is 1. The normalized spacial score (nSPS) is 28.2. The van der Waals surface area contributed by atoms with E-state index < -0.39 is 0 Å². The van der Waals surface area contributed by atoms with Crippen molar-refractivity contribution in [3.63, 3.8) is 0 Å². The summed E-state index contributed by atoms with van der Waals surface area (Å²) in [7, 11) is 1.88. The lowest BCUT2D eigenvalue weighted by atomic mass is 9.74. The highest BCUT2D eigenvalue weighted by molar-refractivity contribution is 5.13. The van der Waals surface area contributed by atoms with Crippen LogP contribution in [-0.4, -0.2) is 30.3 Å². The zero-order chi connectivity index (χ0) is 14.4. The van der Waals surface area contributed by atoms with E-state index in [1.165, 1.54) is 18.4 Å². The van der Waals surface area contributed by atoms with E-state index in [1.807, 2.05) is 25.6 Å². The molecule has 0 amide bonds. The van der Waals surface area contributed by atoms with Gasteiger partial charge in [0, 0.05) is 25.5 Å². The molecule has 0 bridgehead atoms. The van der Waals surface area contributed by atoms with Gasteiger partial charge in [-0.2, -0.15) is 0 Å². The van der Waals surface area contributed by atoms with Crippen LogP contribution in [0.3, 0.4) is 0 Å². The van der Waals surface area contributed by atoms with Crippen LogP contribution in [0.5, 0.6) is 0 Å². The third-order valence-electron chi connectivity index (χ3n) is 4.78. The topological polar surface area (TPSA) is 34.2 Å². The SMILES string of the molecule is CCNC(Cc1cccnc1)C1(OC)CCC(C)CC1. The number of likely N-dealkylation sites (N-methyl/N-ethyl adjacent to an activating group) is 1. The van der Waals surface area contributed by atoms with Crippen molar-refractivity contribution < 1.29 is 4.74 Å². The second-order valence-electron chi connectivity index (χ2n) is 6.13. The van der Waals surface area contributed by atoms with Crippen LogP contribution in [-0.2, 0) is 11.2 Å². The highest BCUT2D eigenvalue weighted by atomic mass is 16.5. The summed E-state index contributed by atoms with van der Waals surface area (Å²) in [5.41, 5.74) is 1.27. The van der Waals surface area contributed by atoms with Gasteiger partial charge in [0.25, 0.3) is 0 Å². The highest BCUT2D eigenvalue weighted by Crippen LogP contribution is 2.37. The van der Waals surface area contributed by atoms with E-state index in [0.717, 1.165) is 31.7 Å². The molecule has 112 valence electrons. The van der Waals surface area contributed by atoms with Gasteiger partial charge in [0.1, 0.15) is 0 Å². The van der Waals surface area contributed by atoms with E-state index in [4.69, 9.17) is 4.74 Å². The minimum atomic E-state index is -0.0155. The van der Waals surface area contributed by atoms with Gasteiger partial charge in [-0.1, -0.05) is 19.9 Å². The fourth-order valence-electron chi connectivity index (χ4n) is 3.39. The summed E-state index contributed by atoms with van der Waals surface area (Å²) in [4.78, 5) is 4.24. The number of hydrogen-bond donors (Lipinski definition) is 1. The summed E-state index contributed by atoms with van der Waals surface area (Å²) in [5, 5.41) is 3.65. The predicted octanol–water partition coefficient (Wildman–Crippen LogP) is 3.20. The van der Waals surface area contributed by atoms with Crippen molar-refractivity contribution in [1.29, 1.82) is 0 Å². The molecule has 2 rings (SSSR count). The molecule has 1 aromatic heterocycles. The van der Waals surface area contributed by atoms with Gasteiger partial charge in [-0.25, -0.2) is 0 Å². The Balaban J connectivity index is 2.13. The van der Waals surface area contributed by atoms with E-state index in [1.54, 1.807) is 0 Å². The van der Waals surface area contributed by atoms with Gasteiger partial charge >= 0.3 is 0 Å². The summed E-state index contributed by atoms with van der Waals surface area (Å²) < 4.78 is 6.03. The third-order valence-corrected chi connectivity index (χ3v) is 4.78. The lowest BCUT2D eigenvalue weighted by Gasteiger charge is -2.44. The van der Waals surface area contributed by atoms with Crippen molar-refractivity contribution in [2.45, 2.75) is 57.6 Å². The fraction of sp³-hybridized carbons (Fsp3) is 0.706. The molecule has 0 radical (unpaired) electrons. The van der Waals surface area contributed by atoms with E-state index in [0.29, 0.717) is 6.04 Å². The fourth-order valence-corrected chi connectivity index (χ4v) is 3.39. The zero-order valence-electron chi connectivity index (χ0n) is 13.1. The van der Waals surface area contributed by atoms with E-state index in [2.05, 4.69) is 30.2 Å². The molecule has 1 aliphatic carbocycles. The Morgan fingerprint density at radius 3 is 2.75 bits per heavy atom. The van der Waals surface area contributed by atoms with Crippen LogP contribution in [0.1, 0.15) is 45.1 Å². The quantitative estimate of drug-likeness (QED) is 0.866. The first-order chi connectivity index (χ1) is 9.70. The molecule has 1 heterocycles. The molecule has 1 saturated carbocycles. The third kappa shape index (κ3) is 3.58. The molecular weight excluding hydrogens is 248 g/mol. The van der Waals surface area contributed by atoms with E-state index >= 15 is 0 Å². The Labute approximate surface area is 123 Å². The first kappa shape index (κ1) is 15.5. The highest BCUT2D eigenvalue weighted by Gasteiger charge is 2.41. The van der Waals surface area contributed by atoms with Crippen LogP contribution in [0.4, 0.5) is 0 Å². The Kier molecular flexibility index (Phi) is 5.55. The average Bonchev–Trinajstić information content (AvgIpc) is 2.49. The molecular formula is C17H28N2O. The van der Waals surface area contributed by atoms with Gasteiger partial charge in [-0.3, -0.25) is 4.98 Å². The van der Waals surface area contributed by atoms with E-state index in [9.17, 15) is 0 Å². The second kappa shape index (κ2) is 7.19. The van der Waals surface area contributed by atoms with Crippen LogP contribution in [0.25, 0.3) is 0 Å². The molecule has 1 aliphatic rings. The van der Waals surface area contributed by atoms with Crippen LogP contribution in [0.15, 0.2) is 24.5 Å². The van der Waals surface area contributed by atoms with Crippen molar-refractivity contribution in [3.05, 3.63) is 30.1 Å². The smallest absolute Gasteiger partial charge is 0.0834 e. The Morgan fingerprint density at radius 1 is 1.45 bits per heavy atom. The van der Waals surface area contributed by atoms with Gasteiger partial charge in [0.15, 0.2) is 0 Å². The Morgan fingerprint density at radius 2 is 2.20 bits per heavy atom. The molecule has 0 saturated heterocycles. The largest absolute Gasteiger partial charge is 0.377 e. The molecule has 1 unspecified atom stereocenters. The van der Waals surface area contributed by atoms with Crippen LogP contribution in [0.2, 0.25) is 0 Å². The molecule has 0 aliphatic heterocycles. The second-order valence-corrected chi connectivity index (χ2v) is 6.13. The number of nitrogens with one attached hydrogen (secondary N) is 1. The number of rotatable bonds is 6. The first-order valence-electron chi connectivity index (χ1n) is 7.87. The van der Waals surface area contributed by atoms with Gasteiger partial charge in [-0.15, -0.1) is 0 Å².